The molecule has 20 N–H and O–H groups in total. The van der Waals surface area contributed by atoms with Gasteiger partial charge in [-0.25, -0.2) is 4.98 Å². The summed E-state index contributed by atoms with van der Waals surface area (Å²) in [5.41, 5.74) is 10.7. The number of nitrogens with one attached hydrogen (secondary N) is 12. The van der Waals surface area contributed by atoms with Crippen LogP contribution in [0.4, 0.5) is 5.69 Å². The van der Waals surface area contributed by atoms with Crippen LogP contribution in [0.25, 0.3) is 0 Å². The van der Waals surface area contributed by atoms with Crippen LogP contribution >= 0.6 is 11.8 Å². The number of aliphatic carboxylic acids is 4. The Morgan fingerprint density at radius 1 is 0.643 bits per heavy atom. The average molecular weight is 1590 g/mol. The molecule has 1 aliphatic carbocycles. The van der Waals surface area contributed by atoms with Crippen molar-refractivity contribution in [3.05, 3.63) is 96.3 Å². The number of carbonyl (C=O) groups excluding carboxylic acids is 12. The number of aromatic amines is 1. The second-order valence-corrected chi connectivity index (χ2v) is 29.5. The zero-order valence-corrected chi connectivity index (χ0v) is 64.5. The summed E-state index contributed by atoms with van der Waals surface area (Å²) in [4.78, 5) is 224. The van der Waals surface area contributed by atoms with Crippen molar-refractivity contribution < 1.29 is 97.1 Å². The van der Waals surface area contributed by atoms with Crippen molar-refractivity contribution in [1.82, 2.24) is 77.8 Å². The van der Waals surface area contributed by atoms with Crippen LogP contribution in [0.3, 0.4) is 0 Å². The molecule has 39 heteroatoms. The Labute approximate surface area is 651 Å². The number of imidazole rings is 1. The lowest BCUT2D eigenvalue weighted by Gasteiger charge is -2.45. The zero-order chi connectivity index (χ0) is 82.9. The van der Waals surface area contributed by atoms with Crippen LogP contribution in [0.15, 0.2) is 85.0 Å². The summed E-state index contributed by atoms with van der Waals surface area (Å²) in [7, 11) is 0. The topological polar surface area (TPSA) is 577 Å². The first-order chi connectivity index (χ1) is 53.0. The summed E-state index contributed by atoms with van der Waals surface area (Å²) in [5.74, 6) is -15.6. The van der Waals surface area contributed by atoms with Crippen molar-refractivity contribution in [2.24, 2.45) is 23.3 Å². The third-order valence-corrected chi connectivity index (χ3v) is 19.5. The summed E-state index contributed by atoms with van der Waals surface area (Å²) in [6.45, 7) is 7.93. The van der Waals surface area contributed by atoms with Crippen LogP contribution in [-0.4, -0.2) is 271 Å². The highest BCUT2D eigenvalue weighted by Gasteiger charge is 2.50. The van der Waals surface area contributed by atoms with Crippen molar-refractivity contribution in [2.45, 2.75) is 172 Å². The first kappa shape index (κ1) is 91.6. The lowest BCUT2D eigenvalue weighted by Crippen LogP contribution is -2.62. The van der Waals surface area contributed by atoms with Crippen LogP contribution in [0, 0.1) is 11.8 Å². The molecule has 9 atom stereocenters. The summed E-state index contributed by atoms with van der Waals surface area (Å²) in [6, 6.07) is -5.20. The molecule has 0 unspecified atom stereocenters. The summed E-state index contributed by atoms with van der Waals surface area (Å²) < 4.78 is 0. The summed E-state index contributed by atoms with van der Waals surface area (Å²) in [5, 5.41) is 68.9. The van der Waals surface area contributed by atoms with Gasteiger partial charge in [-0.1, -0.05) is 71.4 Å². The molecule has 1 saturated heterocycles. The van der Waals surface area contributed by atoms with E-state index in [4.69, 9.17) is 11.5 Å². The van der Waals surface area contributed by atoms with Crippen LogP contribution in [0.2, 0.25) is 0 Å². The number of allylic oxidation sites excluding steroid dienone is 4. The van der Waals surface area contributed by atoms with Gasteiger partial charge in [-0.3, -0.25) is 91.4 Å². The highest BCUT2D eigenvalue weighted by molar-refractivity contribution is 7.98. The molecule has 0 spiro atoms. The monoisotopic (exact) mass is 1590 g/mol. The molecule has 614 valence electrons. The molecule has 2 aliphatic heterocycles. The van der Waals surface area contributed by atoms with Gasteiger partial charge in [0.1, 0.15) is 42.3 Å². The molecule has 1 aromatic carbocycles. The van der Waals surface area contributed by atoms with E-state index in [2.05, 4.69) is 75.0 Å². The molecule has 112 heavy (non-hydrogen) atoms. The molecule has 3 heterocycles. The minimum absolute atomic E-state index is 0.0763. The van der Waals surface area contributed by atoms with Crippen molar-refractivity contribution >= 4 is 112 Å². The number of thioether (sulfide) groups is 1. The van der Waals surface area contributed by atoms with E-state index < -0.39 is 213 Å². The van der Waals surface area contributed by atoms with Crippen molar-refractivity contribution in [1.29, 1.82) is 0 Å². The first-order valence-corrected chi connectivity index (χ1v) is 38.0. The number of hydrogen-bond acceptors (Lipinski definition) is 22. The van der Waals surface area contributed by atoms with Crippen molar-refractivity contribution in [3.63, 3.8) is 0 Å². The summed E-state index contributed by atoms with van der Waals surface area (Å²) >= 11 is 1.44. The number of H-pyrrole nitrogens is 1. The number of aromatic nitrogens is 2. The number of hydrogen-bond donors (Lipinski definition) is 18. The molecular formula is C73H106N18O20S. The van der Waals surface area contributed by atoms with E-state index in [1.807, 2.05) is 20.1 Å². The van der Waals surface area contributed by atoms with Gasteiger partial charge in [-0.05, 0) is 105 Å². The van der Waals surface area contributed by atoms with Gasteiger partial charge < -0.3 is 95.4 Å². The fraction of sp³-hybridized carbons (Fsp3) is 0.548. The Morgan fingerprint density at radius 3 is 1.79 bits per heavy atom. The first-order valence-electron chi connectivity index (χ1n) is 36.6. The number of fused-ring (bicyclic) bond motifs is 1. The third kappa shape index (κ3) is 30.7. The maximum Gasteiger partial charge on any atom is 0.317 e. The quantitative estimate of drug-likeness (QED) is 0.0331. The van der Waals surface area contributed by atoms with Gasteiger partial charge in [0.15, 0.2) is 0 Å². The normalized spacial score (nSPS) is 18.0. The van der Waals surface area contributed by atoms with E-state index in [9.17, 15) is 97.1 Å². The number of benzene rings is 1. The fourth-order valence-electron chi connectivity index (χ4n) is 13.2. The van der Waals surface area contributed by atoms with Gasteiger partial charge in [-0.2, -0.15) is 11.8 Å². The number of carboxylic acid groups (broad SMARTS) is 4. The molecule has 0 bridgehead atoms. The second kappa shape index (κ2) is 45.3. The smallest absolute Gasteiger partial charge is 0.317 e. The maximum atomic E-state index is 14.5. The van der Waals surface area contributed by atoms with Crippen LogP contribution < -0.4 is 70.0 Å². The highest BCUT2D eigenvalue weighted by atomic mass is 32.2. The van der Waals surface area contributed by atoms with E-state index >= 15 is 0 Å². The number of carboxylic acids is 4. The number of primary amides is 2. The highest BCUT2D eigenvalue weighted by Crippen LogP contribution is 2.37. The van der Waals surface area contributed by atoms with Crippen molar-refractivity contribution in [2.75, 3.05) is 76.2 Å². The zero-order valence-electron chi connectivity index (χ0n) is 63.6. The number of carbonyl (C=O) groups is 16. The molecule has 0 radical (unpaired) electrons. The van der Waals surface area contributed by atoms with Gasteiger partial charge in [0, 0.05) is 92.3 Å². The van der Waals surface area contributed by atoms with E-state index in [0.717, 1.165) is 4.90 Å². The Balaban J connectivity index is 1.26. The van der Waals surface area contributed by atoms with Crippen LogP contribution in [0.5, 0.6) is 0 Å². The number of anilines is 1. The Hall–Kier alpha value is -11.1. The van der Waals surface area contributed by atoms with Gasteiger partial charge in [0.25, 0.3) is 5.91 Å². The van der Waals surface area contributed by atoms with E-state index in [1.165, 1.54) is 55.5 Å². The second-order valence-electron chi connectivity index (χ2n) is 28.5. The summed E-state index contributed by atoms with van der Waals surface area (Å²) in [6.07, 6.45) is 13.8. The largest absolute Gasteiger partial charge is 0.480 e. The SMILES string of the molecule is C=C1/C=C\C=C/CNC=C1C[C@H](NC(=O)[C@H](CCC(N)=O)NC(=O)c1ccc(NC(=O)CNC(=O)CCC2(N(CC(=O)O)CC(=O)O)CN(CC(=O)O)[C@@H]3CCCC[C@H]3N(CC(=O)O)C2)cc1)C(=O)N[C@@H](C)C(=O)N[C@H](C(=O)NCC(=O)N[C@@H](Cc1cnc[nH]1)C(=O)N[C@@H](CC(C)C)C(=O)N[C@@H](CCSC)C(N)=O)C(C)C. The predicted octanol–water partition coefficient (Wildman–Crippen LogP) is -2.31. The Bertz CT molecular complexity index is 3740. The van der Waals surface area contributed by atoms with Gasteiger partial charge in [0.2, 0.25) is 65.0 Å². The number of nitrogens with two attached hydrogens (primary N) is 2. The number of rotatable bonds is 45. The Morgan fingerprint density at radius 2 is 1.22 bits per heavy atom. The average Bonchev–Trinajstić information content (AvgIpc) is 1.60. The lowest BCUT2D eigenvalue weighted by molar-refractivity contribution is -0.148. The molecule has 1 aromatic heterocycles. The number of nitrogens with zero attached hydrogens (tertiary/aromatic N) is 4. The fourth-order valence-corrected chi connectivity index (χ4v) is 13.7. The molecule has 38 nitrogen and oxygen atoms in total. The van der Waals surface area contributed by atoms with Crippen LogP contribution in [0.1, 0.15) is 121 Å². The molecule has 12 amide bonds. The van der Waals surface area contributed by atoms with E-state index in [0.29, 0.717) is 54.8 Å². The standard InChI is InChI=1S/C73H106N18O20S/c1-41(2)27-51(70(109)84-49(65(75)104)23-26-112-7)86-71(110)53(29-48-31-77-40-80-48)83-59(95)33-79-72(111)64(42(3)4)88-66(105)44(6)81-69(108)52(28-46-30-76-25-12-8-9-13-43(46)5)87-68(107)50(20-21-56(74)92)85-67(106)45-16-18-47(19-17-45)82-58(94)32-78-57(93)22-24-73(91(36-62(100)101)37-63(102)103)38-89(34-60(96)97)54-14-10-11-15-55(54)90(39-73)35-61(98)99/h8-9,12-13,16-19,30-31,40-42,44,49-55,64,76H,5,10-11,14-15,20-29,32-39H2,1-4,6-7H3,(H2,74,92)(H2,75,104)(H,77,80)(H,78,93)(H,79,111)(H,81,108)(H,82,94)(H,83,95)(H,84,109)(H,85,106)(H,86,110)(H,87,107)(H,88,105)(H,96,97)(H,98,99)(H,100,101)(H,102,103)/b12-8-,13-9-,46-30?/t44-,49-,50-,51-,52-,53-,54+,55+,64-/m0/s1. The Kier molecular flexibility index (Phi) is 37.0. The van der Waals surface area contributed by atoms with Gasteiger partial charge in [0.05, 0.1) is 45.6 Å². The minimum atomic E-state index is -1.62. The predicted molar refractivity (Wildman–Crippen MR) is 408 cm³/mol. The third-order valence-electron chi connectivity index (χ3n) is 18.8. The molecular weight excluding hydrogens is 1480 g/mol. The lowest BCUT2D eigenvalue weighted by atomic mass is 9.88. The maximum absolute atomic E-state index is 14.5. The molecule has 1 saturated carbocycles. The molecule has 3 aliphatic rings. The van der Waals surface area contributed by atoms with Crippen molar-refractivity contribution in [3.8, 4) is 0 Å². The number of amides is 12. The van der Waals surface area contributed by atoms with E-state index in [1.54, 1.807) is 54.2 Å². The molecule has 5 rings (SSSR count). The van der Waals surface area contributed by atoms with Gasteiger partial charge >= 0.3 is 23.9 Å². The molecule has 2 fully saturated rings. The van der Waals surface area contributed by atoms with Crippen LogP contribution in [-0.2, 0) is 78.3 Å². The molecule has 2 aromatic rings. The minimum Gasteiger partial charge on any atom is -0.480 e. The van der Waals surface area contributed by atoms with Gasteiger partial charge in [-0.15, -0.1) is 0 Å². The van der Waals surface area contributed by atoms with E-state index in [-0.39, 0.29) is 68.8 Å².